The highest BCUT2D eigenvalue weighted by Gasteiger charge is 2.16. The van der Waals surface area contributed by atoms with Crippen LogP contribution in [0.25, 0.3) is 10.6 Å². The van der Waals surface area contributed by atoms with Crippen molar-refractivity contribution in [1.29, 1.82) is 0 Å². The molecule has 0 aliphatic heterocycles. The number of aryl methyl sites for hydroxylation is 1. The standard InChI is InChI=1S/C19H14ClFN2O3S/c1-11-5-6-15(14(21)7-11)22-17(24)9-26-19(25)16-10-27-18(23-16)12-3-2-4-13(20)8-12/h2-8,10H,9H2,1H3,(H,22,24). The molecule has 0 saturated carbocycles. The quantitative estimate of drug-likeness (QED) is 0.625. The molecule has 138 valence electrons. The number of ether oxygens (including phenoxy) is 1. The molecular weight excluding hydrogens is 391 g/mol. The van der Waals surface area contributed by atoms with Crippen LogP contribution in [0.3, 0.4) is 0 Å². The fourth-order valence-corrected chi connectivity index (χ4v) is 3.21. The Morgan fingerprint density at radius 1 is 1.26 bits per heavy atom. The highest BCUT2D eigenvalue weighted by molar-refractivity contribution is 7.13. The van der Waals surface area contributed by atoms with Gasteiger partial charge >= 0.3 is 5.97 Å². The molecule has 0 unspecified atom stereocenters. The van der Waals surface area contributed by atoms with Gasteiger partial charge in [-0.15, -0.1) is 11.3 Å². The zero-order valence-electron chi connectivity index (χ0n) is 14.2. The Kier molecular flexibility index (Phi) is 5.83. The van der Waals surface area contributed by atoms with Crippen LogP contribution in [0.5, 0.6) is 0 Å². The van der Waals surface area contributed by atoms with Gasteiger partial charge in [0.1, 0.15) is 10.8 Å². The third-order valence-corrected chi connectivity index (χ3v) is 4.64. The normalized spacial score (nSPS) is 10.5. The van der Waals surface area contributed by atoms with E-state index in [0.717, 1.165) is 11.1 Å². The van der Waals surface area contributed by atoms with Crippen molar-refractivity contribution >= 4 is 40.5 Å². The first kappa shape index (κ1) is 19.0. The molecule has 0 aliphatic rings. The number of nitrogens with one attached hydrogen (secondary N) is 1. The molecule has 2 aromatic carbocycles. The van der Waals surface area contributed by atoms with E-state index in [1.54, 1.807) is 31.2 Å². The summed E-state index contributed by atoms with van der Waals surface area (Å²) in [5.41, 5.74) is 1.62. The van der Waals surface area contributed by atoms with Crippen LogP contribution in [-0.4, -0.2) is 23.5 Å². The second-order valence-corrected chi connectivity index (χ2v) is 6.95. The van der Waals surface area contributed by atoms with Crippen molar-refractivity contribution in [2.45, 2.75) is 6.92 Å². The molecule has 27 heavy (non-hydrogen) atoms. The molecule has 0 bridgehead atoms. The maximum atomic E-state index is 13.7. The predicted molar refractivity (Wildman–Crippen MR) is 103 cm³/mol. The number of rotatable bonds is 5. The van der Waals surface area contributed by atoms with Gasteiger partial charge in [-0.25, -0.2) is 14.2 Å². The summed E-state index contributed by atoms with van der Waals surface area (Å²) in [5, 5.41) is 5.06. The second-order valence-electron chi connectivity index (χ2n) is 5.66. The molecule has 3 rings (SSSR count). The third kappa shape index (κ3) is 4.90. The number of aromatic nitrogens is 1. The Labute approximate surface area is 163 Å². The summed E-state index contributed by atoms with van der Waals surface area (Å²) in [6.45, 7) is 1.19. The fraction of sp³-hybridized carbons (Fsp3) is 0.105. The minimum atomic E-state index is -0.737. The molecule has 8 heteroatoms. The van der Waals surface area contributed by atoms with Crippen molar-refractivity contribution in [3.8, 4) is 10.6 Å². The number of carbonyl (C=O) groups excluding carboxylic acids is 2. The van der Waals surface area contributed by atoms with E-state index in [9.17, 15) is 14.0 Å². The van der Waals surface area contributed by atoms with Crippen molar-refractivity contribution in [2.75, 3.05) is 11.9 Å². The van der Waals surface area contributed by atoms with Crippen LogP contribution in [0.15, 0.2) is 47.8 Å². The number of amides is 1. The Morgan fingerprint density at radius 2 is 2.07 bits per heavy atom. The number of esters is 1. The molecule has 5 nitrogen and oxygen atoms in total. The van der Waals surface area contributed by atoms with Crippen molar-refractivity contribution in [1.82, 2.24) is 4.98 Å². The summed E-state index contributed by atoms with van der Waals surface area (Å²) in [4.78, 5) is 28.1. The van der Waals surface area contributed by atoms with Gasteiger partial charge in [-0.3, -0.25) is 4.79 Å². The second kappa shape index (κ2) is 8.28. The smallest absolute Gasteiger partial charge is 0.358 e. The number of hydrogen-bond donors (Lipinski definition) is 1. The van der Waals surface area contributed by atoms with E-state index in [-0.39, 0.29) is 11.4 Å². The van der Waals surface area contributed by atoms with Crippen LogP contribution < -0.4 is 5.32 Å². The molecule has 3 aromatic rings. The SMILES string of the molecule is Cc1ccc(NC(=O)COC(=O)c2csc(-c3cccc(Cl)c3)n2)c(F)c1. The lowest BCUT2D eigenvalue weighted by atomic mass is 10.2. The fourth-order valence-electron chi connectivity index (χ4n) is 2.23. The summed E-state index contributed by atoms with van der Waals surface area (Å²) in [5.74, 6) is -1.93. The summed E-state index contributed by atoms with van der Waals surface area (Å²) in [7, 11) is 0. The van der Waals surface area contributed by atoms with Crippen LogP contribution in [0, 0.1) is 12.7 Å². The summed E-state index contributed by atoms with van der Waals surface area (Å²) in [6.07, 6.45) is 0. The number of anilines is 1. The van der Waals surface area contributed by atoms with Crippen molar-refractivity contribution in [2.24, 2.45) is 0 Å². The van der Waals surface area contributed by atoms with E-state index in [0.29, 0.717) is 10.0 Å². The van der Waals surface area contributed by atoms with Crippen molar-refractivity contribution < 1.29 is 18.7 Å². The lowest BCUT2D eigenvalue weighted by Crippen LogP contribution is -2.21. The average molecular weight is 405 g/mol. The van der Waals surface area contributed by atoms with E-state index in [4.69, 9.17) is 16.3 Å². The maximum Gasteiger partial charge on any atom is 0.358 e. The molecule has 0 saturated heterocycles. The zero-order valence-corrected chi connectivity index (χ0v) is 15.7. The molecule has 1 heterocycles. The van der Waals surface area contributed by atoms with Crippen LogP contribution in [-0.2, 0) is 9.53 Å². The van der Waals surface area contributed by atoms with Crippen molar-refractivity contribution in [3.05, 3.63) is 69.9 Å². The highest BCUT2D eigenvalue weighted by atomic mass is 35.5. The van der Waals surface area contributed by atoms with Crippen LogP contribution in [0.2, 0.25) is 5.02 Å². The van der Waals surface area contributed by atoms with E-state index >= 15 is 0 Å². The van der Waals surface area contributed by atoms with Gasteiger partial charge in [0.2, 0.25) is 0 Å². The van der Waals surface area contributed by atoms with Crippen molar-refractivity contribution in [3.63, 3.8) is 0 Å². The first-order valence-electron chi connectivity index (χ1n) is 7.87. The van der Waals surface area contributed by atoms with Gasteiger partial charge in [-0.2, -0.15) is 0 Å². The summed E-state index contributed by atoms with van der Waals surface area (Å²) >= 11 is 7.21. The van der Waals surface area contributed by atoms with Crippen LogP contribution in [0.4, 0.5) is 10.1 Å². The van der Waals surface area contributed by atoms with E-state index in [1.165, 1.54) is 28.8 Å². The molecule has 1 aromatic heterocycles. The minimum Gasteiger partial charge on any atom is -0.451 e. The summed E-state index contributed by atoms with van der Waals surface area (Å²) < 4.78 is 18.7. The van der Waals surface area contributed by atoms with Gasteiger partial charge in [0.05, 0.1) is 5.69 Å². The molecule has 1 amide bonds. The summed E-state index contributed by atoms with van der Waals surface area (Å²) in [6, 6.07) is 11.5. The zero-order chi connectivity index (χ0) is 19.4. The van der Waals surface area contributed by atoms with Gasteiger partial charge < -0.3 is 10.1 Å². The number of nitrogens with zero attached hydrogens (tertiary/aromatic N) is 1. The first-order valence-corrected chi connectivity index (χ1v) is 9.13. The number of benzene rings is 2. The number of hydrogen-bond acceptors (Lipinski definition) is 5. The van der Waals surface area contributed by atoms with E-state index in [1.807, 2.05) is 6.07 Å². The first-order chi connectivity index (χ1) is 12.9. The van der Waals surface area contributed by atoms with Gasteiger partial charge in [0.25, 0.3) is 5.91 Å². The highest BCUT2D eigenvalue weighted by Crippen LogP contribution is 2.26. The molecule has 0 spiro atoms. The largest absolute Gasteiger partial charge is 0.451 e. The van der Waals surface area contributed by atoms with Gasteiger partial charge in [0, 0.05) is 16.0 Å². The Hall–Kier alpha value is -2.77. The minimum absolute atomic E-state index is 0.0264. The predicted octanol–water partition coefficient (Wildman–Crippen LogP) is 4.71. The number of halogens is 2. The lowest BCUT2D eigenvalue weighted by Gasteiger charge is -2.07. The maximum absolute atomic E-state index is 13.7. The van der Waals surface area contributed by atoms with Gasteiger partial charge in [-0.05, 0) is 36.8 Å². The molecule has 0 fully saturated rings. The molecule has 0 radical (unpaired) electrons. The van der Waals surface area contributed by atoms with E-state index < -0.39 is 24.3 Å². The molecule has 0 atom stereocenters. The van der Waals surface area contributed by atoms with E-state index in [2.05, 4.69) is 10.3 Å². The van der Waals surface area contributed by atoms with Gasteiger partial charge in [0.15, 0.2) is 12.3 Å². The molecule has 1 N–H and O–H groups in total. The Bertz CT molecular complexity index is 1010. The monoisotopic (exact) mass is 404 g/mol. The third-order valence-electron chi connectivity index (χ3n) is 3.52. The van der Waals surface area contributed by atoms with Crippen LogP contribution in [0.1, 0.15) is 16.1 Å². The van der Waals surface area contributed by atoms with Crippen LogP contribution >= 0.6 is 22.9 Å². The topological polar surface area (TPSA) is 68.3 Å². The molecule has 0 aliphatic carbocycles. The lowest BCUT2D eigenvalue weighted by molar-refractivity contribution is -0.119. The number of thiazole rings is 1. The molecular formula is C19H14ClFN2O3S. The van der Waals surface area contributed by atoms with Gasteiger partial charge in [-0.1, -0.05) is 29.8 Å². The average Bonchev–Trinajstić information content (AvgIpc) is 3.12. The Morgan fingerprint density at radius 3 is 2.81 bits per heavy atom. The number of carbonyl (C=O) groups is 2. The Balaban J connectivity index is 1.58.